The Hall–Kier alpha value is -0.0400. The highest BCUT2D eigenvalue weighted by Crippen LogP contribution is 2.42. The van der Waals surface area contributed by atoms with Crippen molar-refractivity contribution in [3.05, 3.63) is 0 Å². The molecule has 82 valence electrons. The minimum Gasteiger partial charge on any atom is -0.314 e. The van der Waals surface area contributed by atoms with Gasteiger partial charge in [-0.3, -0.25) is 0 Å². The molecule has 2 aliphatic rings. The molecule has 14 heavy (non-hydrogen) atoms. The zero-order valence-corrected chi connectivity index (χ0v) is 9.76. The van der Waals surface area contributed by atoms with Crippen molar-refractivity contribution < 1.29 is 0 Å². The Bertz CT molecular complexity index is 166. The van der Waals surface area contributed by atoms with E-state index in [1.54, 1.807) is 0 Å². The van der Waals surface area contributed by atoms with E-state index in [2.05, 4.69) is 19.2 Å². The Morgan fingerprint density at radius 3 is 2.21 bits per heavy atom. The first-order chi connectivity index (χ1) is 6.83. The topological polar surface area (TPSA) is 12.0 Å². The summed E-state index contributed by atoms with van der Waals surface area (Å²) in [7, 11) is 0. The molecule has 2 saturated carbocycles. The fraction of sp³-hybridized carbons (Fsp3) is 1.00. The number of nitrogens with one attached hydrogen (secondary N) is 1. The van der Waals surface area contributed by atoms with Crippen molar-refractivity contribution in [3.63, 3.8) is 0 Å². The van der Waals surface area contributed by atoms with Crippen LogP contribution in [-0.4, -0.2) is 12.6 Å². The van der Waals surface area contributed by atoms with Crippen LogP contribution in [0.15, 0.2) is 0 Å². The molecular weight excluding hydrogens is 170 g/mol. The second-order valence-electron chi connectivity index (χ2n) is 5.32. The van der Waals surface area contributed by atoms with E-state index in [1.807, 2.05) is 0 Å². The van der Waals surface area contributed by atoms with E-state index in [-0.39, 0.29) is 0 Å². The number of rotatable bonds is 5. The summed E-state index contributed by atoms with van der Waals surface area (Å²) in [4.78, 5) is 0. The second-order valence-corrected chi connectivity index (χ2v) is 5.32. The summed E-state index contributed by atoms with van der Waals surface area (Å²) in [5.41, 5.74) is 0. The van der Waals surface area contributed by atoms with E-state index in [0.29, 0.717) is 0 Å². The van der Waals surface area contributed by atoms with Crippen molar-refractivity contribution in [1.29, 1.82) is 0 Å². The van der Waals surface area contributed by atoms with Crippen molar-refractivity contribution in [3.8, 4) is 0 Å². The molecule has 2 rings (SSSR count). The monoisotopic (exact) mass is 195 g/mol. The van der Waals surface area contributed by atoms with Crippen molar-refractivity contribution in [2.45, 2.75) is 58.4 Å². The van der Waals surface area contributed by atoms with Crippen LogP contribution in [0.4, 0.5) is 0 Å². The quantitative estimate of drug-likeness (QED) is 0.710. The molecule has 0 bridgehead atoms. The zero-order valence-electron chi connectivity index (χ0n) is 9.76. The molecule has 2 unspecified atom stereocenters. The van der Waals surface area contributed by atoms with E-state index in [0.717, 1.165) is 30.3 Å². The van der Waals surface area contributed by atoms with E-state index in [9.17, 15) is 0 Å². The van der Waals surface area contributed by atoms with Gasteiger partial charge in [-0.25, -0.2) is 0 Å². The van der Waals surface area contributed by atoms with E-state index in [1.165, 1.54) is 38.5 Å². The van der Waals surface area contributed by atoms with Gasteiger partial charge in [0.2, 0.25) is 0 Å². The smallest absolute Gasteiger partial charge is 0.0123 e. The predicted octanol–water partition coefficient (Wildman–Crippen LogP) is 3.20. The number of hydrogen-bond donors (Lipinski definition) is 1. The van der Waals surface area contributed by atoms with Gasteiger partial charge in [0.25, 0.3) is 0 Å². The molecule has 0 aromatic heterocycles. The van der Waals surface area contributed by atoms with Gasteiger partial charge in [-0.15, -0.1) is 0 Å². The SMILES string of the molecule is CCNC(C1CCCC1)C(C)C1CC1. The van der Waals surface area contributed by atoms with Gasteiger partial charge in [-0.05, 0) is 50.0 Å². The lowest BCUT2D eigenvalue weighted by molar-refractivity contribution is 0.254. The van der Waals surface area contributed by atoms with Crippen LogP contribution in [0.5, 0.6) is 0 Å². The molecule has 0 saturated heterocycles. The van der Waals surface area contributed by atoms with Crippen LogP contribution in [0.3, 0.4) is 0 Å². The lowest BCUT2D eigenvalue weighted by Gasteiger charge is -2.30. The van der Waals surface area contributed by atoms with Gasteiger partial charge < -0.3 is 5.32 Å². The van der Waals surface area contributed by atoms with Crippen molar-refractivity contribution in [2.75, 3.05) is 6.54 Å². The Kier molecular flexibility index (Phi) is 3.48. The van der Waals surface area contributed by atoms with E-state index in [4.69, 9.17) is 0 Å². The van der Waals surface area contributed by atoms with E-state index >= 15 is 0 Å². The lowest BCUT2D eigenvalue weighted by atomic mass is 9.85. The molecular formula is C13H25N. The van der Waals surface area contributed by atoms with Gasteiger partial charge >= 0.3 is 0 Å². The maximum atomic E-state index is 3.75. The van der Waals surface area contributed by atoms with Gasteiger partial charge in [-0.2, -0.15) is 0 Å². The number of hydrogen-bond acceptors (Lipinski definition) is 1. The summed E-state index contributed by atoms with van der Waals surface area (Å²) >= 11 is 0. The normalized spacial score (nSPS) is 27.9. The average molecular weight is 195 g/mol. The van der Waals surface area contributed by atoms with Gasteiger partial charge in [0.15, 0.2) is 0 Å². The third-order valence-corrected chi connectivity index (χ3v) is 4.28. The maximum absolute atomic E-state index is 3.75. The first-order valence-corrected chi connectivity index (χ1v) is 6.56. The molecule has 1 nitrogen and oxygen atoms in total. The minimum absolute atomic E-state index is 0.829. The molecule has 0 amide bonds. The molecule has 0 radical (unpaired) electrons. The molecule has 0 aromatic carbocycles. The van der Waals surface area contributed by atoms with Crippen molar-refractivity contribution in [1.82, 2.24) is 5.32 Å². The summed E-state index contributed by atoms with van der Waals surface area (Å²) in [6, 6.07) is 0.829. The Morgan fingerprint density at radius 2 is 1.71 bits per heavy atom. The summed E-state index contributed by atoms with van der Waals surface area (Å²) in [5.74, 6) is 2.98. The Labute approximate surface area is 88.7 Å². The predicted molar refractivity (Wildman–Crippen MR) is 61.3 cm³/mol. The van der Waals surface area contributed by atoms with Crippen molar-refractivity contribution in [2.24, 2.45) is 17.8 Å². The van der Waals surface area contributed by atoms with Crippen LogP contribution in [0.2, 0.25) is 0 Å². The van der Waals surface area contributed by atoms with Crippen LogP contribution in [0.1, 0.15) is 52.4 Å². The highest BCUT2D eigenvalue weighted by molar-refractivity contribution is 4.91. The standard InChI is InChI=1S/C13H25N/c1-3-14-13(10(2)11-8-9-11)12-6-4-5-7-12/h10-14H,3-9H2,1-2H3. The summed E-state index contributed by atoms with van der Waals surface area (Å²) in [6.45, 7) is 5.88. The lowest BCUT2D eigenvalue weighted by Crippen LogP contribution is -2.41. The molecule has 0 aromatic rings. The Balaban J connectivity index is 1.90. The molecule has 0 aliphatic heterocycles. The van der Waals surface area contributed by atoms with Crippen LogP contribution < -0.4 is 5.32 Å². The van der Waals surface area contributed by atoms with Crippen LogP contribution in [-0.2, 0) is 0 Å². The first-order valence-electron chi connectivity index (χ1n) is 6.56. The summed E-state index contributed by atoms with van der Waals surface area (Å²) < 4.78 is 0. The van der Waals surface area contributed by atoms with Crippen LogP contribution in [0, 0.1) is 17.8 Å². The average Bonchev–Trinajstić information content (AvgIpc) is 2.91. The molecule has 2 fully saturated rings. The fourth-order valence-corrected chi connectivity index (χ4v) is 3.25. The van der Waals surface area contributed by atoms with Crippen LogP contribution >= 0.6 is 0 Å². The van der Waals surface area contributed by atoms with Crippen LogP contribution in [0.25, 0.3) is 0 Å². The van der Waals surface area contributed by atoms with E-state index < -0.39 is 0 Å². The minimum atomic E-state index is 0.829. The molecule has 2 aliphatic carbocycles. The Morgan fingerprint density at radius 1 is 1.07 bits per heavy atom. The summed E-state index contributed by atoms with van der Waals surface area (Å²) in [6.07, 6.45) is 8.91. The third kappa shape index (κ3) is 2.31. The molecule has 0 spiro atoms. The maximum Gasteiger partial charge on any atom is 0.0123 e. The third-order valence-electron chi connectivity index (χ3n) is 4.28. The fourth-order valence-electron chi connectivity index (χ4n) is 3.25. The van der Waals surface area contributed by atoms with Gasteiger partial charge in [-0.1, -0.05) is 26.7 Å². The van der Waals surface area contributed by atoms with Gasteiger partial charge in [0.05, 0.1) is 0 Å². The highest BCUT2D eigenvalue weighted by Gasteiger charge is 2.37. The van der Waals surface area contributed by atoms with Gasteiger partial charge in [0.1, 0.15) is 0 Å². The summed E-state index contributed by atoms with van der Waals surface area (Å²) in [5, 5.41) is 3.75. The zero-order chi connectivity index (χ0) is 9.97. The molecule has 2 atom stereocenters. The second kappa shape index (κ2) is 4.65. The first kappa shape index (κ1) is 10.5. The molecule has 0 heterocycles. The molecule has 1 heteroatoms. The van der Waals surface area contributed by atoms with Gasteiger partial charge in [0, 0.05) is 6.04 Å². The molecule has 1 N–H and O–H groups in total. The largest absolute Gasteiger partial charge is 0.314 e. The van der Waals surface area contributed by atoms with Crippen molar-refractivity contribution >= 4 is 0 Å². The highest BCUT2D eigenvalue weighted by atomic mass is 14.9.